The molecule has 0 bridgehead atoms. The van der Waals surface area contributed by atoms with Gasteiger partial charge in [0, 0.05) is 48.6 Å². The SMILES string of the molecule is CCCCC(C(=O)[O-])(N1C(=O)C=CC1=O)N1C(=O)C=CC1=O.CCCCC(C(=O)[O-])(N1C(=O)C=CC1=O)N1C(=O)C=CC1=O.[Ca+2]. The Morgan fingerprint density at radius 1 is 0.489 bits per heavy atom. The molecular formula is C28H26CaN4O12. The fourth-order valence-electron chi connectivity index (χ4n) is 5.12. The predicted octanol–water partition coefficient (Wildman–Crippen LogP) is -3.44. The number of unbranched alkanes of at least 4 members (excludes halogenated alkanes) is 2. The van der Waals surface area contributed by atoms with Gasteiger partial charge in [-0.1, -0.05) is 26.7 Å². The minimum Gasteiger partial charge on any atom is -0.545 e. The molecule has 232 valence electrons. The van der Waals surface area contributed by atoms with E-state index in [1.165, 1.54) is 0 Å². The summed E-state index contributed by atoms with van der Waals surface area (Å²) in [4.78, 5) is 121. The van der Waals surface area contributed by atoms with Crippen molar-refractivity contribution in [3.63, 3.8) is 0 Å². The van der Waals surface area contributed by atoms with Crippen molar-refractivity contribution in [1.82, 2.24) is 19.6 Å². The second-order valence-electron chi connectivity index (χ2n) is 9.80. The molecule has 0 saturated heterocycles. The molecule has 8 amide bonds. The molecular weight excluding hydrogens is 624 g/mol. The largest absolute Gasteiger partial charge is 2.00 e. The molecule has 45 heavy (non-hydrogen) atoms. The normalized spacial score (nSPS) is 17.6. The summed E-state index contributed by atoms with van der Waals surface area (Å²) < 4.78 is 0. The van der Waals surface area contributed by atoms with Gasteiger partial charge in [-0.05, 0) is 25.7 Å². The van der Waals surface area contributed by atoms with Crippen LogP contribution < -0.4 is 10.2 Å². The summed E-state index contributed by atoms with van der Waals surface area (Å²) in [5, 5.41) is 23.6. The summed E-state index contributed by atoms with van der Waals surface area (Å²) in [5.74, 6) is -10.9. The number of hydrogen-bond acceptors (Lipinski definition) is 12. The summed E-state index contributed by atoms with van der Waals surface area (Å²) in [6.45, 7) is 3.52. The number of carboxylic acid groups (broad SMARTS) is 2. The van der Waals surface area contributed by atoms with Gasteiger partial charge in [-0.25, -0.2) is 19.6 Å². The number of rotatable bonds is 12. The number of hydrogen-bond donors (Lipinski definition) is 0. The first-order chi connectivity index (χ1) is 20.7. The monoisotopic (exact) mass is 650 g/mol. The van der Waals surface area contributed by atoms with E-state index in [4.69, 9.17) is 0 Å². The molecule has 0 aromatic carbocycles. The van der Waals surface area contributed by atoms with E-state index in [0.717, 1.165) is 48.6 Å². The van der Waals surface area contributed by atoms with Crippen molar-refractivity contribution in [2.75, 3.05) is 0 Å². The van der Waals surface area contributed by atoms with Crippen LogP contribution in [0.3, 0.4) is 0 Å². The molecule has 0 unspecified atom stereocenters. The van der Waals surface area contributed by atoms with Gasteiger partial charge in [-0.3, -0.25) is 38.4 Å². The van der Waals surface area contributed by atoms with Crippen molar-refractivity contribution in [2.24, 2.45) is 0 Å². The van der Waals surface area contributed by atoms with Crippen molar-refractivity contribution in [3.8, 4) is 0 Å². The van der Waals surface area contributed by atoms with Crippen LogP contribution in [0, 0.1) is 0 Å². The second-order valence-corrected chi connectivity index (χ2v) is 9.80. The molecule has 0 spiro atoms. The third-order valence-corrected chi connectivity index (χ3v) is 7.13. The Morgan fingerprint density at radius 2 is 0.667 bits per heavy atom. The maximum absolute atomic E-state index is 11.9. The quantitative estimate of drug-likeness (QED) is 0.148. The molecule has 0 aromatic rings. The predicted molar refractivity (Wildman–Crippen MR) is 144 cm³/mol. The molecule has 4 heterocycles. The summed E-state index contributed by atoms with van der Waals surface area (Å²) in [5.41, 5.74) is -4.91. The van der Waals surface area contributed by atoms with Crippen LogP contribution in [0.15, 0.2) is 48.6 Å². The first-order valence-corrected chi connectivity index (χ1v) is 13.4. The molecule has 16 nitrogen and oxygen atoms in total. The van der Waals surface area contributed by atoms with Gasteiger partial charge in [0.15, 0.2) is 11.3 Å². The third-order valence-electron chi connectivity index (χ3n) is 7.13. The molecule has 4 aliphatic heterocycles. The van der Waals surface area contributed by atoms with Gasteiger partial charge in [0.1, 0.15) is 0 Å². The van der Waals surface area contributed by atoms with E-state index in [1.54, 1.807) is 13.8 Å². The minimum atomic E-state index is -2.45. The Kier molecular flexibility index (Phi) is 12.0. The van der Waals surface area contributed by atoms with Gasteiger partial charge in [0.05, 0.1) is 11.9 Å². The maximum atomic E-state index is 11.9. The minimum absolute atomic E-state index is 0. The van der Waals surface area contributed by atoms with E-state index in [0.29, 0.717) is 32.4 Å². The molecule has 4 rings (SSSR count). The zero-order valence-electron chi connectivity index (χ0n) is 24.3. The number of amides is 8. The van der Waals surface area contributed by atoms with Crippen molar-refractivity contribution < 1.29 is 58.2 Å². The van der Waals surface area contributed by atoms with Gasteiger partial charge < -0.3 is 19.8 Å². The first-order valence-electron chi connectivity index (χ1n) is 13.4. The van der Waals surface area contributed by atoms with E-state index in [-0.39, 0.29) is 63.4 Å². The number of imide groups is 4. The van der Waals surface area contributed by atoms with Crippen LogP contribution in [-0.4, -0.2) is 128 Å². The van der Waals surface area contributed by atoms with Crippen LogP contribution in [0.2, 0.25) is 0 Å². The zero-order valence-corrected chi connectivity index (χ0v) is 26.5. The molecule has 0 N–H and O–H groups in total. The summed E-state index contributed by atoms with van der Waals surface area (Å²) in [6, 6.07) is 0. The van der Waals surface area contributed by atoms with E-state index < -0.39 is 70.5 Å². The van der Waals surface area contributed by atoms with Gasteiger partial charge in [-0.2, -0.15) is 0 Å². The Balaban J connectivity index is 0.000000307. The first kappa shape index (κ1) is 36.9. The van der Waals surface area contributed by atoms with Crippen LogP contribution in [0.5, 0.6) is 0 Å². The Labute approximate surface area is 285 Å². The van der Waals surface area contributed by atoms with Gasteiger partial charge in [0.2, 0.25) is 0 Å². The smallest absolute Gasteiger partial charge is 0.545 e. The van der Waals surface area contributed by atoms with Crippen molar-refractivity contribution in [1.29, 1.82) is 0 Å². The summed E-state index contributed by atoms with van der Waals surface area (Å²) in [7, 11) is 0. The second kappa shape index (κ2) is 14.7. The Bertz CT molecular complexity index is 1230. The van der Waals surface area contributed by atoms with E-state index in [9.17, 15) is 58.2 Å². The standard InChI is InChI=1S/2C14H14N2O6.Ca/c2*1-2-3-8-14(13(21)22,15-9(17)4-5-10(15)18)16-11(19)6-7-12(16)20;/h2*4-7H,2-3,8H2,1H3,(H,21,22);/q;;+2/p-2. The summed E-state index contributed by atoms with van der Waals surface area (Å²) in [6.07, 6.45) is 8.16. The average Bonchev–Trinajstić information content (AvgIpc) is 3.70. The van der Waals surface area contributed by atoms with E-state index in [2.05, 4.69) is 0 Å². The van der Waals surface area contributed by atoms with Crippen molar-refractivity contribution in [2.45, 2.75) is 63.7 Å². The average molecular weight is 651 g/mol. The number of carbonyl (C=O) groups is 10. The molecule has 0 aliphatic carbocycles. The van der Waals surface area contributed by atoms with E-state index in [1.807, 2.05) is 0 Å². The molecule has 0 radical (unpaired) electrons. The van der Waals surface area contributed by atoms with Crippen LogP contribution in [0.1, 0.15) is 52.4 Å². The summed E-state index contributed by atoms with van der Waals surface area (Å²) >= 11 is 0. The van der Waals surface area contributed by atoms with Gasteiger partial charge in [-0.15, -0.1) is 0 Å². The Morgan fingerprint density at radius 3 is 0.800 bits per heavy atom. The van der Waals surface area contributed by atoms with E-state index >= 15 is 0 Å². The Hall–Kier alpha value is -4.28. The van der Waals surface area contributed by atoms with Crippen molar-refractivity contribution >= 4 is 96.9 Å². The molecule has 4 aliphatic rings. The molecule has 0 fully saturated rings. The van der Waals surface area contributed by atoms with Crippen LogP contribution in [0.4, 0.5) is 0 Å². The fourth-order valence-corrected chi connectivity index (χ4v) is 5.12. The van der Waals surface area contributed by atoms with Gasteiger partial charge in [0.25, 0.3) is 47.3 Å². The fraction of sp³-hybridized carbons (Fsp3) is 0.357. The third kappa shape index (κ3) is 6.43. The number of nitrogens with zero attached hydrogens (tertiary/aromatic N) is 4. The maximum Gasteiger partial charge on any atom is 2.00 e. The molecule has 0 atom stereocenters. The number of carbonyl (C=O) groups excluding carboxylic acids is 10. The van der Waals surface area contributed by atoms with Gasteiger partial charge >= 0.3 is 37.7 Å². The zero-order chi connectivity index (χ0) is 33.0. The molecule has 17 heteroatoms. The molecule has 0 aromatic heterocycles. The van der Waals surface area contributed by atoms with Crippen molar-refractivity contribution in [3.05, 3.63) is 48.6 Å². The topological polar surface area (TPSA) is 230 Å². The van der Waals surface area contributed by atoms with Crippen LogP contribution in [0.25, 0.3) is 0 Å². The number of carboxylic acids is 2. The number of aliphatic carboxylic acids is 2. The molecule has 0 saturated carbocycles. The van der Waals surface area contributed by atoms with Crippen LogP contribution >= 0.6 is 0 Å². The van der Waals surface area contributed by atoms with Crippen LogP contribution in [-0.2, 0) is 47.9 Å².